The van der Waals surface area contributed by atoms with Crippen molar-refractivity contribution in [2.45, 2.75) is 25.7 Å². The molecule has 0 bridgehead atoms. The Kier molecular flexibility index (Phi) is 4.84. The van der Waals surface area contributed by atoms with Crippen molar-refractivity contribution >= 4 is 17.4 Å². The number of esters is 1. The Morgan fingerprint density at radius 1 is 1.19 bits per heavy atom. The number of ether oxygens (including phenoxy) is 1. The summed E-state index contributed by atoms with van der Waals surface area (Å²) in [5.41, 5.74) is 0.658. The molecule has 0 spiro atoms. The Morgan fingerprint density at radius 3 is 2.62 bits per heavy atom. The predicted molar refractivity (Wildman–Crippen MR) is 95.0 cm³/mol. The number of hydrogen-bond acceptors (Lipinski definition) is 5. The highest BCUT2D eigenvalue weighted by Crippen LogP contribution is 2.41. The molecule has 0 heterocycles. The lowest BCUT2D eigenvalue weighted by Gasteiger charge is -2.34. The number of Topliss-reactive ketones (excluding diaryl/α,β-unsaturated/α-hetero) is 1. The standard InChI is InChI=1S/C20H19NO5/c1-26-19(23)20(12-10-14-6-2-4-8-16(14)18(20)22)13-11-15-7-3-5-9-17(15)21(24)25/h2-9H,10-13H2,1H3. The minimum absolute atomic E-state index is 0.00354. The summed E-state index contributed by atoms with van der Waals surface area (Å²) in [5.74, 6) is -0.833. The molecule has 0 N–H and O–H groups in total. The number of nitro benzene ring substituents is 1. The maximum Gasteiger partial charge on any atom is 0.319 e. The van der Waals surface area contributed by atoms with Crippen LogP contribution < -0.4 is 0 Å². The summed E-state index contributed by atoms with van der Waals surface area (Å²) >= 11 is 0. The van der Waals surface area contributed by atoms with Crippen LogP contribution in [0.5, 0.6) is 0 Å². The SMILES string of the molecule is COC(=O)C1(CCc2ccccc2[N+](=O)[O-])CCc2ccccc2C1=O. The summed E-state index contributed by atoms with van der Waals surface area (Å²) in [6.07, 6.45) is 1.36. The van der Waals surface area contributed by atoms with Crippen LogP contribution in [-0.2, 0) is 22.4 Å². The van der Waals surface area contributed by atoms with Crippen molar-refractivity contribution in [3.8, 4) is 0 Å². The van der Waals surface area contributed by atoms with Crippen molar-refractivity contribution in [2.75, 3.05) is 7.11 Å². The summed E-state index contributed by atoms with van der Waals surface area (Å²) in [4.78, 5) is 36.5. The minimum Gasteiger partial charge on any atom is -0.468 e. The van der Waals surface area contributed by atoms with Gasteiger partial charge in [0.15, 0.2) is 5.78 Å². The number of methoxy groups -OCH3 is 1. The van der Waals surface area contributed by atoms with Crippen molar-refractivity contribution < 1.29 is 19.2 Å². The molecule has 2 aromatic carbocycles. The van der Waals surface area contributed by atoms with E-state index < -0.39 is 16.3 Å². The van der Waals surface area contributed by atoms with Gasteiger partial charge in [0.25, 0.3) is 5.69 Å². The van der Waals surface area contributed by atoms with E-state index in [1.54, 1.807) is 30.3 Å². The molecule has 0 saturated heterocycles. The van der Waals surface area contributed by atoms with E-state index in [1.165, 1.54) is 13.2 Å². The molecule has 0 radical (unpaired) electrons. The van der Waals surface area contributed by atoms with Crippen LogP contribution in [0, 0.1) is 15.5 Å². The van der Waals surface area contributed by atoms with Gasteiger partial charge < -0.3 is 4.74 Å². The van der Waals surface area contributed by atoms with Crippen LogP contribution in [0.3, 0.4) is 0 Å². The van der Waals surface area contributed by atoms with E-state index in [-0.39, 0.29) is 24.3 Å². The van der Waals surface area contributed by atoms with Crippen molar-refractivity contribution in [2.24, 2.45) is 5.41 Å². The van der Waals surface area contributed by atoms with Crippen LogP contribution in [0.4, 0.5) is 5.69 Å². The summed E-state index contributed by atoms with van der Waals surface area (Å²) < 4.78 is 4.95. The molecule has 0 amide bonds. The van der Waals surface area contributed by atoms with E-state index in [0.29, 0.717) is 24.0 Å². The third-order valence-corrected chi connectivity index (χ3v) is 5.10. The van der Waals surface area contributed by atoms with Crippen LogP contribution in [0.15, 0.2) is 48.5 Å². The molecule has 1 atom stereocenters. The van der Waals surface area contributed by atoms with Crippen LogP contribution in [0.1, 0.15) is 34.3 Å². The first-order valence-corrected chi connectivity index (χ1v) is 8.43. The zero-order valence-electron chi connectivity index (χ0n) is 14.4. The van der Waals surface area contributed by atoms with Gasteiger partial charge in [-0.15, -0.1) is 0 Å². The van der Waals surface area contributed by atoms with Gasteiger partial charge in [-0.2, -0.15) is 0 Å². The number of nitro groups is 1. The molecular weight excluding hydrogens is 334 g/mol. The van der Waals surface area contributed by atoms with Gasteiger partial charge in [-0.05, 0) is 31.2 Å². The second-order valence-electron chi connectivity index (χ2n) is 6.45. The average Bonchev–Trinajstić information content (AvgIpc) is 2.67. The number of fused-ring (bicyclic) bond motifs is 1. The van der Waals surface area contributed by atoms with Gasteiger partial charge in [0, 0.05) is 17.2 Å². The van der Waals surface area contributed by atoms with E-state index in [4.69, 9.17) is 4.74 Å². The summed E-state index contributed by atoms with van der Waals surface area (Å²) in [5, 5.41) is 11.2. The zero-order chi connectivity index (χ0) is 18.7. The van der Waals surface area contributed by atoms with Gasteiger partial charge >= 0.3 is 5.97 Å². The Balaban J connectivity index is 1.95. The zero-order valence-corrected chi connectivity index (χ0v) is 14.4. The smallest absolute Gasteiger partial charge is 0.319 e. The van der Waals surface area contributed by atoms with Gasteiger partial charge in [-0.25, -0.2) is 0 Å². The first kappa shape index (κ1) is 17.8. The third kappa shape index (κ3) is 2.98. The highest BCUT2D eigenvalue weighted by atomic mass is 16.6. The number of nitrogens with zero attached hydrogens (tertiary/aromatic N) is 1. The molecule has 26 heavy (non-hydrogen) atoms. The number of rotatable bonds is 5. The summed E-state index contributed by atoms with van der Waals surface area (Å²) in [7, 11) is 1.27. The average molecular weight is 353 g/mol. The Labute approximate surface area is 150 Å². The monoisotopic (exact) mass is 353 g/mol. The molecule has 1 unspecified atom stereocenters. The molecular formula is C20H19NO5. The maximum absolute atomic E-state index is 13.1. The van der Waals surface area contributed by atoms with E-state index in [2.05, 4.69) is 0 Å². The molecule has 3 rings (SSSR count). The predicted octanol–water partition coefficient (Wildman–Crippen LogP) is 3.52. The van der Waals surface area contributed by atoms with Crippen molar-refractivity contribution in [3.63, 3.8) is 0 Å². The van der Waals surface area contributed by atoms with E-state index >= 15 is 0 Å². The summed E-state index contributed by atoms with van der Waals surface area (Å²) in [6.45, 7) is 0. The fourth-order valence-corrected chi connectivity index (χ4v) is 3.66. The van der Waals surface area contributed by atoms with Gasteiger partial charge in [-0.1, -0.05) is 42.5 Å². The lowest BCUT2D eigenvalue weighted by molar-refractivity contribution is -0.385. The fourth-order valence-electron chi connectivity index (χ4n) is 3.66. The van der Waals surface area contributed by atoms with E-state index in [0.717, 1.165) is 5.56 Å². The lowest BCUT2D eigenvalue weighted by atomic mass is 9.67. The number of carbonyl (C=O) groups excluding carboxylic acids is 2. The molecule has 134 valence electrons. The molecule has 2 aromatic rings. The maximum atomic E-state index is 13.1. The number of aryl methyl sites for hydroxylation is 2. The Hall–Kier alpha value is -3.02. The number of benzene rings is 2. The Bertz CT molecular complexity index is 876. The van der Waals surface area contributed by atoms with Crippen molar-refractivity contribution in [1.82, 2.24) is 0 Å². The number of para-hydroxylation sites is 1. The first-order valence-electron chi connectivity index (χ1n) is 8.43. The van der Waals surface area contributed by atoms with Crippen LogP contribution in [-0.4, -0.2) is 23.8 Å². The van der Waals surface area contributed by atoms with Crippen LogP contribution in [0.25, 0.3) is 0 Å². The molecule has 6 nitrogen and oxygen atoms in total. The topological polar surface area (TPSA) is 86.5 Å². The van der Waals surface area contributed by atoms with E-state index in [1.807, 2.05) is 12.1 Å². The number of ketones is 1. The molecule has 1 aliphatic rings. The molecule has 0 saturated carbocycles. The highest BCUT2D eigenvalue weighted by molar-refractivity contribution is 6.14. The fraction of sp³-hybridized carbons (Fsp3) is 0.300. The van der Waals surface area contributed by atoms with Gasteiger partial charge in [-0.3, -0.25) is 19.7 Å². The Morgan fingerprint density at radius 2 is 1.88 bits per heavy atom. The third-order valence-electron chi connectivity index (χ3n) is 5.10. The van der Waals surface area contributed by atoms with Crippen LogP contribution in [0.2, 0.25) is 0 Å². The van der Waals surface area contributed by atoms with Crippen molar-refractivity contribution in [3.05, 3.63) is 75.3 Å². The first-order chi connectivity index (χ1) is 12.5. The minimum atomic E-state index is -1.30. The van der Waals surface area contributed by atoms with Gasteiger partial charge in [0.1, 0.15) is 5.41 Å². The lowest BCUT2D eigenvalue weighted by Crippen LogP contribution is -2.44. The number of carbonyl (C=O) groups is 2. The largest absolute Gasteiger partial charge is 0.468 e. The quantitative estimate of drug-likeness (QED) is 0.355. The van der Waals surface area contributed by atoms with Gasteiger partial charge in [0.05, 0.1) is 12.0 Å². The highest BCUT2D eigenvalue weighted by Gasteiger charge is 2.49. The summed E-state index contributed by atoms with van der Waals surface area (Å²) in [6, 6.07) is 13.6. The van der Waals surface area contributed by atoms with E-state index in [9.17, 15) is 19.7 Å². The van der Waals surface area contributed by atoms with Gasteiger partial charge in [0.2, 0.25) is 0 Å². The number of hydrogen-bond donors (Lipinski definition) is 0. The van der Waals surface area contributed by atoms with Crippen LogP contribution >= 0.6 is 0 Å². The molecule has 0 aliphatic heterocycles. The second kappa shape index (κ2) is 7.07. The molecule has 0 aromatic heterocycles. The second-order valence-corrected chi connectivity index (χ2v) is 6.45. The van der Waals surface area contributed by atoms with Crippen molar-refractivity contribution in [1.29, 1.82) is 0 Å². The molecule has 1 aliphatic carbocycles. The molecule has 6 heteroatoms. The normalized spacial score (nSPS) is 18.9. The molecule has 0 fully saturated rings.